The number of nitrogens with zero attached hydrogens (tertiary/aromatic N) is 2. The molecule has 0 saturated carbocycles. The van der Waals surface area contributed by atoms with Gasteiger partial charge < -0.3 is 0 Å². The number of rotatable bonds is 3. The first kappa shape index (κ1) is 14.2. The second kappa shape index (κ2) is 5.93. The lowest BCUT2D eigenvalue weighted by molar-refractivity contribution is 0.566. The van der Waals surface area contributed by atoms with Gasteiger partial charge >= 0.3 is 0 Å². The molecule has 3 rings (SSSR count). The third kappa shape index (κ3) is 3.12. The Hall–Kier alpha value is -1.76. The fourth-order valence-electron chi connectivity index (χ4n) is 2.12. The summed E-state index contributed by atoms with van der Waals surface area (Å²) in [6, 6.07) is 11.4. The highest BCUT2D eigenvalue weighted by Crippen LogP contribution is 2.24. The minimum atomic E-state index is -0.448. The lowest BCUT2D eigenvalue weighted by atomic mass is 10.1. The normalized spacial score (nSPS) is 10.8. The Morgan fingerprint density at radius 2 is 1.90 bits per heavy atom. The van der Waals surface area contributed by atoms with Crippen molar-refractivity contribution in [3.05, 3.63) is 75.6 Å². The van der Waals surface area contributed by atoms with Crippen LogP contribution in [0.3, 0.4) is 0 Å². The van der Waals surface area contributed by atoms with E-state index in [0.29, 0.717) is 0 Å². The van der Waals surface area contributed by atoms with Crippen LogP contribution in [-0.2, 0) is 6.54 Å². The van der Waals surface area contributed by atoms with Crippen LogP contribution in [0.4, 0.5) is 8.78 Å². The van der Waals surface area contributed by atoms with Crippen LogP contribution in [0.25, 0.3) is 11.1 Å². The second-order valence-electron chi connectivity index (χ2n) is 4.64. The van der Waals surface area contributed by atoms with Crippen molar-refractivity contribution in [2.24, 2.45) is 0 Å². The van der Waals surface area contributed by atoms with Crippen molar-refractivity contribution >= 4 is 22.6 Å². The second-order valence-corrected chi connectivity index (χ2v) is 5.80. The van der Waals surface area contributed by atoms with Gasteiger partial charge in [0.1, 0.15) is 11.6 Å². The lowest BCUT2D eigenvalue weighted by Crippen LogP contribution is -2.02. The van der Waals surface area contributed by atoms with Crippen LogP contribution in [0, 0.1) is 15.2 Å². The minimum Gasteiger partial charge on any atom is -0.268 e. The van der Waals surface area contributed by atoms with Gasteiger partial charge in [0, 0.05) is 20.9 Å². The molecule has 3 aromatic rings. The van der Waals surface area contributed by atoms with Crippen LogP contribution < -0.4 is 0 Å². The van der Waals surface area contributed by atoms with Crippen LogP contribution in [0.15, 0.2) is 54.9 Å². The summed E-state index contributed by atoms with van der Waals surface area (Å²) in [5, 5.41) is 4.22. The van der Waals surface area contributed by atoms with Crippen molar-refractivity contribution in [3.8, 4) is 11.1 Å². The highest BCUT2D eigenvalue weighted by atomic mass is 127. The van der Waals surface area contributed by atoms with E-state index in [1.165, 1.54) is 6.07 Å². The average Bonchev–Trinajstić information content (AvgIpc) is 2.92. The van der Waals surface area contributed by atoms with Gasteiger partial charge in [0.2, 0.25) is 0 Å². The van der Waals surface area contributed by atoms with Crippen LogP contribution >= 0.6 is 22.6 Å². The lowest BCUT2D eigenvalue weighted by Gasteiger charge is -2.04. The zero-order valence-corrected chi connectivity index (χ0v) is 13.1. The smallest absolute Gasteiger partial charge is 0.128 e. The van der Waals surface area contributed by atoms with Crippen molar-refractivity contribution in [2.45, 2.75) is 6.54 Å². The van der Waals surface area contributed by atoms with E-state index in [1.54, 1.807) is 10.9 Å². The van der Waals surface area contributed by atoms with Gasteiger partial charge in [-0.05, 0) is 52.4 Å². The monoisotopic (exact) mass is 396 g/mol. The molecule has 2 nitrogen and oxygen atoms in total. The predicted octanol–water partition coefficient (Wildman–Crippen LogP) is 4.48. The Morgan fingerprint density at radius 3 is 2.71 bits per heavy atom. The molecule has 106 valence electrons. The Morgan fingerprint density at radius 1 is 1.10 bits per heavy atom. The van der Waals surface area contributed by atoms with Gasteiger partial charge in [0.05, 0.1) is 12.7 Å². The third-order valence-corrected chi connectivity index (χ3v) is 4.10. The van der Waals surface area contributed by atoms with Crippen LogP contribution in [0.2, 0.25) is 0 Å². The number of aromatic nitrogens is 2. The predicted molar refractivity (Wildman–Crippen MR) is 85.8 cm³/mol. The van der Waals surface area contributed by atoms with Crippen molar-refractivity contribution in [1.82, 2.24) is 9.78 Å². The minimum absolute atomic E-state index is 0.201. The largest absolute Gasteiger partial charge is 0.268 e. The fraction of sp³-hybridized carbons (Fsp3) is 0.0625. The molecule has 0 unspecified atom stereocenters. The molecule has 0 atom stereocenters. The first-order valence-corrected chi connectivity index (χ1v) is 7.42. The number of hydrogen-bond acceptors (Lipinski definition) is 1. The van der Waals surface area contributed by atoms with Gasteiger partial charge in [-0.1, -0.05) is 18.2 Å². The van der Waals surface area contributed by atoms with Crippen molar-refractivity contribution in [1.29, 1.82) is 0 Å². The van der Waals surface area contributed by atoms with Gasteiger partial charge in [0.15, 0.2) is 0 Å². The molecule has 1 heterocycles. The van der Waals surface area contributed by atoms with Crippen molar-refractivity contribution < 1.29 is 8.78 Å². The van der Waals surface area contributed by atoms with E-state index in [-0.39, 0.29) is 12.1 Å². The molecule has 0 aliphatic carbocycles. The van der Waals surface area contributed by atoms with E-state index in [9.17, 15) is 8.78 Å². The van der Waals surface area contributed by atoms with Gasteiger partial charge in [0.25, 0.3) is 0 Å². The Labute approximate surface area is 134 Å². The van der Waals surface area contributed by atoms with Gasteiger partial charge in [-0.15, -0.1) is 0 Å². The maximum atomic E-state index is 13.6. The highest BCUT2D eigenvalue weighted by molar-refractivity contribution is 14.1. The third-order valence-electron chi connectivity index (χ3n) is 3.16. The molecule has 2 aromatic carbocycles. The maximum Gasteiger partial charge on any atom is 0.128 e. The summed E-state index contributed by atoms with van der Waals surface area (Å²) in [6.07, 6.45) is 3.57. The first-order chi connectivity index (χ1) is 10.1. The molecule has 0 amide bonds. The van der Waals surface area contributed by atoms with Crippen LogP contribution in [0.5, 0.6) is 0 Å². The van der Waals surface area contributed by atoms with Crippen LogP contribution in [0.1, 0.15) is 5.56 Å². The van der Waals surface area contributed by atoms with E-state index in [1.807, 2.05) is 30.5 Å². The number of halogens is 3. The summed E-state index contributed by atoms with van der Waals surface area (Å²) in [7, 11) is 0. The summed E-state index contributed by atoms with van der Waals surface area (Å²) >= 11 is 2.26. The zero-order chi connectivity index (χ0) is 14.8. The molecule has 0 N–H and O–H groups in total. The Bertz CT molecular complexity index is 783. The molecule has 1 aromatic heterocycles. The molecule has 0 aliphatic heterocycles. The molecule has 0 spiro atoms. The summed E-state index contributed by atoms with van der Waals surface area (Å²) < 4.78 is 29.5. The summed E-state index contributed by atoms with van der Waals surface area (Å²) in [5.74, 6) is -0.876. The standard InChI is InChI=1S/C16H11F2IN2/c17-13-5-6-15(18)11(7-13)9-21-10-12(8-20-21)14-3-1-2-4-16(14)19/h1-8,10H,9H2. The van der Waals surface area contributed by atoms with E-state index in [4.69, 9.17) is 0 Å². The molecule has 0 aliphatic rings. The van der Waals surface area contributed by atoms with Gasteiger partial charge in [-0.25, -0.2) is 8.78 Å². The summed E-state index contributed by atoms with van der Waals surface area (Å²) in [4.78, 5) is 0. The van der Waals surface area contributed by atoms with E-state index < -0.39 is 11.6 Å². The summed E-state index contributed by atoms with van der Waals surface area (Å²) in [5.41, 5.74) is 2.31. The molecule has 0 radical (unpaired) electrons. The maximum absolute atomic E-state index is 13.6. The van der Waals surface area contributed by atoms with Crippen molar-refractivity contribution in [3.63, 3.8) is 0 Å². The SMILES string of the molecule is Fc1ccc(F)c(Cn2cc(-c3ccccc3I)cn2)c1. The summed E-state index contributed by atoms with van der Waals surface area (Å²) in [6.45, 7) is 0.201. The first-order valence-electron chi connectivity index (χ1n) is 6.35. The number of benzene rings is 2. The zero-order valence-electron chi connectivity index (χ0n) is 10.9. The quantitative estimate of drug-likeness (QED) is 0.597. The Balaban J connectivity index is 1.89. The van der Waals surface area contributed by atoms with E-state index in [0.717, 1.165) is 26.8 Å². The average molecular weight is 396 g/mol. The fourth-order valence-corrected chi connectivity index (χ4v) is 2.82. The number of hydrogen-bond donors (Lipinski definition) is 0. The molecule has 21 heavy (non-hydrogen) atoms. The molecule has 0 bridgehead atoms. The Kier molecular flexibility index (Phi) is 4.01. The molecular formula is C16H11F2IN2. The van der Waals surface area contributed by atoms with E-state index in [2.05, 4.69) is 27.7 Å². The van der Waals surface area contributed by atoms with Gasteiger partial charge in [-0.2, -0.15) is 5.10 Å². The molecular weight excluding hydrogens is 385 g/mol. The molecule has 0 fully saturated rings. The van der Waals surface area contributed by atoms with Crippen LogP contribution in [-0.4, -0.2) is 9.78 Å². The molecule has 0 saturated heterocycles. The van der Waals surface area contributed by atoms with Gasteiger partial charge in [-0.3, -0.25) is 4.68 Å². The topological polar surface area (TPSA) is 17.8 Å². The van der Waals surface area contributed by atoms with Crippen molar-refractivity contribution in [2.75, 3.05) is 0 Å². The van der Waals surface area contributed by atoms with E-state index >= 15 is 0 Å². The highest BCUT2D eigenvalue weighted by Gasteiger charge is 2.08. The molecule has 5 heteroatoms.